The minimum Gasteiger partial charge on any atom is -0.508 e. The minimum absolute atomic E-state index is 0.173. The number of thioether (sulfide) groups is 1. The number of carbonyl (C=O) groups is 1. The summed E-state index contributed by atoms with van der Waals surface area (Å²) in [6.45, 7) is 4.05. The van der Waals surface area contributed by atoms with E-state index in [0.717, 1.165) is 22.4 Å². The highest BCUT2D eigenvalue weighted by atomic mass is 32.2. The van der Waals surface area contributed by atoms with Crippen LogP contribution >= 0.6 is 11.8 Å². The predicted molar refractivity (Wildman–Crippen MR) is 94.8 cm³/mol. The highest BCUT2D eigenvalue weighted by molar-refractivity contribution is 8.18. The zero-order chi connectivity index (χ0) is 16.4. The standard InChI is InChI=1S/C18H16N2O2S/c1-11-5-3-8-15(12(11)2)19-18-20-17(22)16(23-18)10-13-6-4-7-14(21)9-13/h3-10,21H,1-2H3,(H,19,20,22)/b16-10-. The number of aliphatic imine (C=N–C) groups is 1. The van der Waals surface area contributed by atoms with Crippen molar-refractivity contribution in [2.24, 2.45) is 4.99 Å². The molecule has 0 saturated carbocycles. The Morgan fingerprint density at radius 2 is 1.96 bits per heavy atom. The molecule has 1 aliphatic rings. The van der Waals surface area contributed by atoms with Gasteiger partial charge in [0.2, 0.25) is 0 Å². The molecule has 0 aliphatic carbocycles. The zero-order valence-corrected chi connectivity index (χ0v) is 13.6. The van der Waals surface area contributed by atoms with Crippen LogP contribution in [0.4, 0.5) is 5.69 Å². The summed E-state index contributed by atoms with van der Waals surface area (Å²) in [6.07, 6.45) is 1.74. The fourth-order valence-electron chi connectivity index (χ4n) is 2.21. The lowest BCUT2D eigenvalue weighted by molar-refractivity contribution is -0.115. The Labute approximate surface area is 139 Å². The van der Waals surface area contributed by atoms with Gasteiger partial charge < -0.3 is 10.4 Å². The van der Waals surface area contributed by atoms with Gasteiger partial charge in [-0.1, -0.05) is 24.3 Å². The van der Waals surface area contributed by atoms with E-state index in [-0.39, 0.29) is 11.7 Å². The number of carbonyl (C=O) groups excluding carboxylic acids is 1. The third-order valence-corrected chi connectivity index (χ3v) is 4.53. The van der Waals surface area contributed by atoms with Crippen LogP contribution in [0, 0.1) is 13.8 Å². The van der Waals surface area contributed by atoms with Crippen molar-refractivity contribution in [3.8, 4) is 5.75 Å². The summed E-state index contributed by atoms with van der Waals surface area (Å²) in [7, 11) is 0. The monoisotopic (exact) mass is 324 g/mol. The van der Waals surface area contributed by atoms with Crippen LogP contribution in [0.1, 0.15) is 16.7 Å². The van der Waals surface area contributed by atoms with E-state index >= 15 is 0 Å². The number of nitrogens with one attached hydrogen (secondary N) is 1. The first-order valence-corrected chi connectivity index (χ1v) is 7.99. The van der Waals surface area contributed by atoms with E-state index in [9.17, 15) is 9.90 Å². The SMILES string of the molecule is Cc1cccc(N=C2NC(=O)/C(=C/c3cccc(O)c3)S2)c1C. The van der Waals surface area contributed by atoms with Gasteiger partial charge in [0.05, 0.1) is 10.6 Å². The molecule has 23 heavy (non-hydrogen) atoms. The lowest BCUT2D eigenvalue weighted by Gasteiger charge is -2.04. The van der Waals surface area contributed by atoms with Gasteiger partial charge in [0, 0.05) is 0 Å². The number of hydrogen-bond acceptors (Lipinski definition) is 4. The quantitative estimate of drug-likeness (QED) is 0.824. The zero-order valence-electron chi connectivity index (χ0n) is 12.8. The molecular formula is C18H16N2O2S. The van der Waals surface area contributed by atoms with E-state index in [4.69, 9.17) is 0 Å². The number of hydrogen-bond donors (Lipinski definition) is 2. The molecule has 2 N–H and O–H groups in total. The summed E-state index contributed by atoms with van der Waals surface area (Å²) in [6, 6.07) is 12.7. The average molecular weight is 324 g/mol. The van der Waals surface area contributed by atoms with E-state index < -0.39 is 0 Å². The number of aryl methyl sites for hydroxylation is 1. The normalized spacial score (nSPS) is 17.7. The van der Waals surface area contributed by atoms with Crippen LogP contribution < -0.4 is 5.32 Å². The maximum Gasteiger partial charge on any atom is 0.264 e. The molecule has 1 saturated heterocycles. The molecule has 116 valence electrons. The fraction of sp³-hybridized carbons (Fsp3) is 0.111. The van der Waals surface area contributed by atoms with Crippen LogP contribution in [0.3, 0.4) is 0 Å². The van der Waals surface area contributed by atoms with Gasteiger partial charge in [0.15, 0.2) is 5.17 Å². The highest BCUT2D eigenvalue weighted by Gasteiger charge is 2.24. The first-order chi connectivity index (χ1) is 11.0. The van der Waals surface area contributed by atoms with Crippen molar-refractivity contribution in [2.45, 2.75) is 13.8 Å². The maximum atomic E-state index is 12.1. The molecule has 0 bridgehead atoms. The summed E-state index contributed by atoms with van der Waals surface area (Å²) in [4.78, 5) is 17.2. The lowest BCUT2D eigenvalue weighted by atomic mass is 10.1. The third kappa shape index (κ3) is 3.46. The van der Waals surface area contributed by atoms with Crippen LogP contribution in [0.5, 0.6) is 5.75 Å². The van der Waals surface area contributed by atoms with E-state index in [1.165, 1.54) is 11.8 Å². The number of phenols is 1. The van der Waals surface area contributed by atoms with Gasteiger partial charge in [0.1, 0.15) is 5.75 Å². The lowest BCUT2D eigenvalue weighted by Crippen LogP contribution is -2.19. The second-order valence-corrected chi connectivity index (χ2v) is 6.33. The molecule has 1 amide bonds. The largest absolute Gasteiger partial charge is 0.508 e. The first kappa shape index (κ1) is 15.4. The van der Waals surface area contributed by atoms with Crippen molar-refractivity contribution in [2.75, 3.05) is 0 Å². The van der Waals surface area contributed by atoms with Crippen molar-refractivity contribution in [1.82, 2.24) is 5.32 Å². The Balaban J connectivity index is 1.88. The molecular weight excluding hydrogens is 308 g/mol. The van der Waals surface area contributed by atoms with E-state index in [0.29, 0.717) is 10.1 Å². The number of amidine groups is 1. The molecule has 0 aromatic heterocycles. The number of rotatable bonds is 2. The van der Waals surface area contributed by atoms with Crippen LogP contribution in [-0.2, 0) is 4.79 Å². The van der Waals surface area contributed by atoms with Gasteiger partial charge in [-0.25, -0.2) is 4.99 Å². The number of phenolic OH excluding ortho intramolecular Hbond substituents is 1. The van der Waals surface area contributed by atoms with Gasteiger partial charge in [-0.3, -0.25) is 4.79 Å². The topological polar surface area (TPSA) is 61.7 Å². The summed E-state index contributed by atoms with van der Waals surface area (Å²) < 4.78 is 0. The Kier molecular flexibility index (Phi) is 4.21. The molecule has 0 atom stereocenters. The van der Waals surface area contributed by atoms with Crippen molar-refractivity contribution >= 4 is 34.6 Å². The van der Waals surface area contributed by atoms with E-state index in [1.54, 1.807) is 24.3 Å². The number of aromatic hydroxyl groups is 1. The second kappa shape index (κ2) is 6.30. The number of benzene rings is 2. The van der Waals surface area contributed by atoms with Gasteiger partial charge in [-0.15, -0.1) is 0 Å². The number of nitrogens with zero attached hydrogens (tertiary/aromatic N) is 1. The Bertz CT molecular complexity index is 841. The molecule has 0 radical (unpaired) electrons. The molecule has 0 unspecified atom stereocenters. The van der Waals surface area contributed by atoms with Crippen LogP contribution in [0.2, 0.25) is 0 Å². The van der Waals surface area contributed by atoms with E-state index in [2.05, 4.69) is 10.3 Å². The smallest absolute Gasteiger partial charge is 0.264 e. The Morgan fingerprint density at radius 3 is 2.74 bits per heavy atom. The van der Waals surface area contributed by atoms with Gasteiger partial charge >= 0.3 is 0 Å². The molecule has 0 spiro atoms. The minimum atomic E-state index is -0.178. The fourth-order valence-corrected chi connectivity index (χ4v) is 3.05. The molecule has 1 heterocycles. The Hall–Kier alpha value is -2.53. The van der Waals surface area contributed by atoms with Gasteiger partial charge in [0.25, 0.3) is 5.91 Å². The Morgan fingerprint density at radius 1 is 1.17 bits per heavy atom. The van der Waals surface area contributed by atoms with E-state index in [1.807, 2.05) is 38.1 Å². The first-order valence-electron chi connectivity index (χ1n) is 7.18. The van der Waals surface area contributed by atoms with Gasteiger partial charge in [-0.2, -0.15) is 0 Å². The van der Waals surface area contributed by atoms with Gasteiger partial charge in [-0.05, 0) is 66.6 Å². The summed E-state index contributed by atoms with van der Waals surface area (Å²) >= 11 is 1.30. The molecule has 1 aliphatic heterocycles. The van der Waals surface area contributed by atoms with Crippen LogP contribution in [-0.4, -0.2) is 16.2 Å². The predicted octanol–water partition coefficient (Wildman–Crippen LogP) is 3.90. The molecule has 3 rings (SSSR count). The summed E-state index contributed by atoms with van der Waals surface area (Å²) in [5.74, 6) is -0.00516. The molecule has 2 aromatic carbocycles. The van der Waals surface area contributed by atoms with Crippen LogP contribution in [0.25, 0.3) is 6.08 Å². The highest BCUT2D eigenvalue weighted by Crippen LogP contribution is 2.30. The van der Waals surface area contributed by atoms with Crippen LogP contribution in [0.15, 0.2) is 52.4 Å². The number of amides is 1. The van der Waals surface area contributed by atoms with Crippen molar-refractivity contribution in [3.63, 3.8) is 0 Å². The molecule has 4 nitrogen and oxygen atoms in total. The summed E-state index contributed by atoms with van der Waals surface area (Å²) in [5.41, 5.74) is 3.89. The third-order valence-electron chi connectivity index (χ3n) is 3.62. The van der Waals surface area contributed by atoms with Crippen molar-refractivity contribution in [1.29, 1.82) is 0 Å². The molecule has 1 fully saturated rings. The summed E-state index contributed by atoms with van der Waals surface area (Å²) in [5, 5.41) is 12.8. The maximum absolute atomic E-state index is 12.1. The van der Waals surface area contributed by atoms with Crippen molar-refractivity contribution < 1.29 is 9.90 Å². The van der Waals surface area contributed by atoms with Crippen molar-refractivity contribution in [3.05, 3.63) is 64.1 Å². The second-order valence-electron chi connectivity index (χ2n) is 5.30. The molecule has 5 heteroatoms. The average Bonchev–Trinajstić information content (AvgIpc) is 2.84. The molecule has 2 aromatic rings.